The van der Waals surface area contributed by atoms with Gasteiger partial charge in [-0.15, -0.1) is 12.4 Å². The topological polar surface area (TPSA) is 30.5 Å². The molecule has 12 heteroatoms. The Labute approximate surface area is 286 Å². The fourth-order valence-corrected chi connectivity index (χ4v) is 6.59. The van der Waals surface area contributed by atoms with Crippen LogP contribution in [0.25, 0.3) is 0 Å². The van der Waals surface area contributed by atoms with Crippen LogP contribution in [-0.4, -0.2) is 25.3 Å². The van der Waals surface area contributed by atoms with Gasteiger partial charge in [-0.25, -0.2) is 35.1 Å². The minimum atomic E-state index is -1.09. The molecule has 0 spiro atoms. The van der Waals surface area contributed by atoms with Gasteiger partial charge in [0.15, 0.2) is 0 Å². The van der Waals surface area contributed by atoms with Gasteiger partial charge >= 0.3 is 0 Å². The first kappa shape index (κ1) is 38.3. The molecule has 0 radical (unpaired) electrons. The van der Waals surface area contributed by atoms with E-state index in [9.17, 15) is 17.6 Å². The molecule has 4 aromatic carbocycles. The zero-order chi connectivity index (χ0) is 34.3. The van der Waals surface area contributed by atoms with Crippen molar-refractivity contribution in [2.45, 2.75) is 62.7 Å². The summed E-state index contributed by atoms with van der Waals surface area (Å²) >= 11 is 0. The van der Waals surface area contributed by atoms with Crippen LogP contribution < -0.4 is 5.32 Å². The zero-order valence-electron chi connectivity index (χ0n) is 26.4. The first-order valence-electron chi connectivity index (χ1n) is 15.8. The van der Waals surface area contributed by atoms with Gasteiger partial charge in [0.05, 0.1) is 26.4 Å². The summed E-state index contributed by atoms with van der Waals surface area (Å²) in [5.41, 5.74) is -2.40. The van der Waals surface area contributed by atoms with Crippen LogP contribution in [0.3, 0.4) is 0 Å². The van der Waals surface area contributed by atoms with Crippen molar-refractivity contribution < 1.29 is 44.6 Å². The first-order valence-corrected chi connectivity index (χ1v) is 15.8. The summed E-state index contributed by atoms with van der Waals surface area (Å²) in [5, 5.41) is 3.36. The molecular formula is C37H36ClF8NO2. The minimum Gasteiger partial charge on any atom is -0.376 e. The molecule has 0 aliphatic heterocycles. The molecule has 1 fully saturated rings. The van der Waals surface area contributed by atoms with E-state index in [0.29, 0.717) is 25.7 Å². The number of hydrogen-bond acceptors (Lipinski definition) is 3. The second-order valence-corrected chi connectivity index (χ2v) is 12.0. The van der Waals surface area contributed by atoms with Crippen LogP contribution in [0.1, 0.15) is 66.2 Å². The van der Waals surface area contributed by atoms with E-state index in [2.05, 4.69) is 5.32 Å². The summed E-state index contributed by atoms with van der Waals surface area (Å²) in [6.45, 7) is -1.90. The first-order chi connectivity index (χ1) is 23.1. The zero-order valence-corrected chi connectivity index (χ0v) is 27.2. The Hall–Kier alpha value is -3.51. The highest BCUT2D eigenvalue weighted by Crippen LogP contribution is 2.43. The number of nitrogens with one attached hydrogen (secondary N) is 1. The molecule has 2 atom stereocenters. The van der Waals surface area contributed by atoms with Crippen molar-refractivity contribution in [3.8, 4) is 0 Å². The SMILES string of the molecule is Cl.Fc1cccc(F)c1COCC(CNC1(C(COCc2c(F)cccc2F)c2c(F)cccc2F)CCCCC1)c1c(F)cccc1F. The van der Waals surface area contributed by atoms with Gasteiger partial charge in [0.1, 0.15) is 46.5 Å². The lowest BCUT2D eigenvalue weighted by Crippen LogP contribution is -2.54. The summed E-state index contributed by atoms with van der Waals surface area (Å²) in [5.74, 6) is -8.86. The van der Waals surface area contributed by atoms with Gasteiger partial charge < -0.3 is 14.8 Å². The molecule has 0 amide bonds. The average Bonchev–Trinajstić information content (AvgIpc) is 3.05. The van der Waals surface area contributed by atoms with Crippen LogP contribution in [0.2, 0.25) is 0 Å². The van der Waals surface area contributed by atoms with Gasteiger partial charge in [-0.2, -0.15) is 0 Å². The van der Waals surface area contributed by atoms with E-state index in [1.165, 1.54) is 24.3 Å². The Bertz CT molecular complexity index is 1620. The van der Waals surface area contributed by atoms with E-state index < -0.39 is 77.1 Å². The third-order valence-electron chi connectivity index (χ3n) is 9.09. The Kier molecular flexibility index (Phi) is 13.6. The maximum Gasteiger partial charge on any atom is 0.131 e. The maximum absolute atomic E-state index is 15.4. The Balaban J connectivity index is 0.00000541. The highest BCUT2D eigenvalue weighted by Gasteiger charge is 2.43. The molecule has 2 unspecified atom stereocenters. The molecule has 1 aliphatic rings. The summed E-state index contributed by atoms with van der Waals surface area (Å²) in [4.78, 5) is 0. The Morgan fingerprint density at radius 1 is 0.531 bits per heavy atom. The summed E-state index contributed by atoms with van der Waals surface area (Å²) in [7, 11) is 0. The lowest BCUT2D eigenvalue weighted by atomic mass is 9.69. The monoisotopic (exact) mass is 713 g/mol. The molecule has 1 aliphatic carbocycles. The standard InChI is InChI=1S/C37H35F8NO2.ClH/c38-27-8-4-9-28(39)24(27)20-47-19-23(35-31(42)12-6-13-32(35)43)18-46-37(16-2-1-3-17-37)26(36-33(44)14-7-15-34(36)45)22-48-21-25-29(40)10-5-11-30(25)41;/h4-15,23,26,46H,1-3,16-22H2;1H. The van der Waals surface area contributed by atoms with Crippen LogP contribution in [0.15, 0.2) is 72.8 Å². The molecule has 0 bridgehead atoms. The largest absolute Gasteiger partial charge is 0.376 e. The highest BCUT2D eigenvalue weighted by molar-refractivity contribution is 5.85. The molecule has 49 heavy (non-hydrogen) atoms. The van der Waals surface area contributed by atoms with Crippen molar-refractivity contribution in [2.24, 2.45) is 0 Å². The lowest BCUT2D eigenvalue weighted by molar-refractivity contribution is 0.0523. The number of hydrogen-bond donors (Lipinski definition) is 1. The summed E-state index contributed by atoms with van der Waals surface area (Å²) in [6, 6.07) is 13.5. The molecule has 1 saturated carbocycles. The number of benzene rings is 4. The highest BCUT2D eigenvalue weighted by atomic mass is 35.5. The van der Waals surface area contributed by atoms with E-state index in [1.54, 1.807) is 0 Å². The second kappa shape index (κ2) is 17.4. The van der Waals surface area contributed by atoms with Crippen molar-refractivity contribution in [1.82, 2.24) is 5.32 Å². The van der Waals surface area contributed by atoms with Crippen molar-refractivity contribution >= 4 is 12.4 Å². The molecular weight excluding hydrogens is 678 g/mol. The van der Waals surface area contributed by atoms with Crippen LogP contribution in [-0.2, 0) is 22.7 Å². The van der Waals surface area contributed by atoms with Crippen LogP contribution >= 0.6 is 12.4 Å². The van der Waals surface area contributed by atoms with Gasteiger partial charge in [-0.3, -0.25) is 0 Å². The lowest BCUT2D eigenvalue weighted by Gasteiger charge is -2.45. The van der Waals surface area contributed by atoms with E-state index in [0.717, 1.165) is 55.0 Å². The van der Waals surface area contributed by atoms with Gasteiger partial charge in [-0.05, 0) is 61.4 Å². The van der Waals surface area contributed by atoms with E-state index in [-0.39, 0.29) is 54.4 Å². The Morgan fingerprint density at radius 3 is 1.37 bits per heavy atom. The number of rotatable bonds is 14. The summed E-state index contributed by atoms with van der Waals surface area (Å²) in [6.07, 6.45) is 2.87. The van der Waals surface area contributed by atoms with Crippen LogP contribution in [0.4, 0.5) is 35.1 Å². The molecule has 4 aromatic rings. The van der Waals surface area contributed by atoms with Gasteiger partial charge in [0.2, 0.25) is 0 Å². The maximum atomic E-state index is 15.4. The Morgan fingerprint density at radius 2 is 0.918 bits per heavy atom. The fourth-order valence-electron chi connectivity index (χ4n) is 6.59. The van der Waals surface area contributed by atoms with Gasteiger partial charge in [0, 0.05) is 46.2 Å². The van der Waals surface area contributed by atoms with Crippen molar-refractivity contribution in [3.63, 3.8) is 0 Å². The quantitative estimate of drug-likeness (QED) is 0.132. The molecule has 0 aromatic heterocycles. The van der Waals surface area contributed by atoms with E-state index in [4.69, 9.17) is 9.47 Å². The number of ether oxygens (including phenoxy) is 2. The predicted molar refractivity (Wildman–Crippen MR) is 171 cm³/mol. The molecule has 1 N–H and O–H groups in total. The molecule has 0 saturated heterocycles. The molecule has 0 heterocycles. The average molecular weight is 714 g/mol. The third-order valence-corrected chi connectivity index (χ3v) is 9.09. The fraction of sp³-hybridized carbons (Fsp3) is 0.351. The van der Waals surface area contributed by atoms with Crippen LogP contribution in [0, 0.1) is 46.5 Å². The van der Waals surface area contributed by atoms with Crippen molar-refractivity contribution in [1.29, 1.82) is 0 Å². The minimum absolute atomic E-state index is 0. The van der Waals surface area contributed by atoms with Crippen LogP contribution in [0.5, 0.6) is 0 Å². The predicted octanol–water partition coefficient (Wildman–Crippen LogP) is 9.81. The van der Waals surface area contributed by atoms with E-state index >= 15 is 17.6 Å². The van der Waals surface area contributed by atoms with Gasteiger partial charge in [-0.1, -0.05) is 43.5 Å². The molecule has 264 valence electrons. The van der Waals surface area contributed by atoms with Crippen molar-refractivity contribution in [3.05, 3.63) is 142 Å². The van der Waals surface area contributed by atoms with Crippen molar-refractivity contribution in [2.75, 3.05) is 19.8 Å². The third kappa shape index (κ3) is 9.00. The second-order valence-electron chi connectivity index (χ2n) is 12.0. The normalized spacial score (nSPS) is 15.4. The smallest absolute Gasteiger partial charge is 0.131 e. The number of halogens is 9. The van der Waals surface area contributed by atoms with Gasteiger partial charge in [0.25, 0.3) is 0 Å². The summed E-state index contributed by atoms with van der Waals surface area (Å²) < 4.78 is 130. The molecule has 3 nitrogen and oxygen atoms in total. The van der Waals surface area contributed by atoms with E-state index in [1.807, 2.05) is 0 Å². The molecule has 5 rings (SSSR count).